The minimum absolute atomic E-state index is 0.536. The zero-order valence-corrected chi connectivity index (χ0v) is 9.65. The molecule has 1 aromatic rings. The zero-order chi connectivity index (χ0) is 11.8. The van der Waals surface area contributed by atoms with Gasteiger partial charge in [-0.05, 0) is 45.1 Å². The predicted molar refractivity (Wildman–Crippen MR) is 66.4 cm³/mol. The standard InChI is InChI=1S/C7H8N2O.C5H11N/c8-7(10)9-6-4-2-1-3-5-6;1-6-4-2-3-5-6/h1-5H,(H3,8,9,10);2-5H2,1H3. The van der Waals surface area contributed by atoms with Crippen LogP contribution in [0.3, 0.4) is 0 Å². The number of benzene rings is 1. The van der Waals surface area contributed by atoms with Gasteiger partial charge in [0.1, 0.15) is 0 Å². The van der Waals surface area contributed by atoms with E-state index in [1.165, 1.54) is 25.9 Å². The second-order valence-corrected chi connectivity index (χ2v) is 3.87. The van der Waals surface area contributed by atoms with E-state index in [2.05, 4.69) is 17.3 Å². The summed E-state index contributed by atoms with van der Waals surface area (Å²) < 4.78 is 0. The molecule has 0 radical (unpaired) electrons. The van der Waals surface area contributed by atoms with E-state index >= 15 is 0 Å². The SMILES string of the molecule is CN1CCCC1.NC(=O)Nc1ccccc1. The molecule has 0 saturated carbocycles. The molecule has 4 nitrogen and oxygen atoms in total. The van der Waals surface area contributed by atoms with Crippen LogP contribution >= 0.6 is 0 Å². The van der Waals surface area contributed by atoms with Crippen LogP contribution in [0.25, 0.3) is 0 Å². The maximum absolute atomic E-state index is 10.3. The van der Waals surface area contributed by atoms with Crippen LogP contribution in [0.2, 0.25) is 0 Å². The van der Waals surface area contributed by atoms with Gasteiger partial charge in [-0.1, -0.05) is 18.2 Å². The minimum atomic E-state index is -0.536. The molecule has 0 aromatic heterocycles. The fraction of sp³-hybridized carbons (Fsp3) is 0.417. The van der Waals surface area contributed by atoms with Crippen molar-refractivity contribution in [2.75, 3.05) is 25.5 Å². The maximum Gasteiger partial charge on any atom is 0.316 e. The second-order valence-electron chi connectivity index (χ2n) is 3.87. The van der Waals surface area contributed by atoms with Gasteiger partial charge in [0.05, 0.1) is 0 Å². The Hall–Kier alpha value is -1.55. The number of nitrogens with two attached hydrogens (primary N) is 1. The molecule has 88 valence electrons. The molecule has 1 aliphatic rings. The summed E-state index contributed by atoms with van der Waals surface area (Å²) in [7, 11) is 2.17. The van der Waals surface area contributed by atoms with Crippen molar-refractivity contribution in [3.05, 3.63) is 30.3 Å². The number of carbonyl (C=O) groups excluding carboxylic acids is 1. The van der Waals surface area contributed by atoms with E-state index in [1.54, 1.807) is 12.1 Å². The number of hydrogen-bond donors (Lipinski definition) is 2. The molecule has 1 aromatic carbocycles. The molecule has 3 N–H and O–H groups in total. The fourth-order valence-electron chi connectivity index (χ4n) is 1.54. The van der Waals surface area contributed by atoms with Crippen molar-refractivity contribution in [1.82, 2.24) is 4.90 Å². The first-order chi connectivity index (χ1) is 7.68. The van der Waals surface area contributed by atoms with E-state index in [1.807, 2.05) is 18.2 Å². The Morgan fingerprint density at radius 2 is 1.81 bits per heavy atom. The summed E-state index contributed by atoms with van der Waals surface area (Å²) in [6.45, 7) is 2.64. The van der Waals surface area contributed by atoms with Gasteiger partial charge in [0, 0.05) is 5.69 Å². The zero-order valence-electron chi connectivity index (χ0n) is 9.65. The summed E-state index contributed by atoms with van der Waals surface area (Å²) in [6.07, 6.45) is 2.83. The Labute approximate surface area is 96.4 Å². The van der Waals surface area contributed by atoms with Gasteiger partial charge in [0.15, 0.2) is 0 Å². The van der Waals surface area contributed by atoms with E-state index < -0.39 is 6.03 Å². The van der Waals surface area contributed by atoms with Gasteiger partial charge >= 0.3 is 6.03 Å². The Bertz CT molecular complexity index is 307. The van der Waals surface area contributed by atoms with Crippen LogP contribution in [0.5, 0.6) is 0 Å². The van der Waals surface area contributed by atoms with Gasteiger partial charge < -0.3 is 16.0 Å². The summed E-state index contributed by atoms with van der Waals surface area (Å²) in [4.78, 5) is 12.6. The Kier molecular flexibility index (Phi) is 5.36. The molecular formula is C12H19N3O. The van der Waals surface area contributed by atoms with Gasteiger partial charge in [0.25, 0.3) is 0 Å². The van der Waals surface area contributed by atoms with Crippen molar-refractivity contribution in [3.63, 3.8) is 0 Å². The van der Waals surface area contributed by atoms with Crippen LogP contribution in [0, 0.1) is 0 Å². The number of primary amides is 1. The van der Waals surface area contributed by atoms with E-state index in [9.17, 15) is 4.79 Å². The predicted octanol–water partition coefficient (Wildman–Crippen LogP) is 1.89. The molecule has 1 aliphatic heterocycles. The van der Waals surface area contributed by atoms with Gasteiger partial charge in [0.2, 0.25) is 0 Å². The van der Waals surface area contributed by atoms with Crippen molar-refractivity contribution in [2.24, 2.45) is 5.73 Å². The van der Waals surface area contributed by atoms with E-state index in [4.69, 9.17) is 5.73 Å². The number of amides is 2. The highest BCUT2D eigenvalue weighted by atomic mass is 16.2. The molecule has 2 rings (SSSR count). The van der Waals surface area contributed by atoms with Crippen LogP contribution < -0.4 is 11.1 Å². The largest absolute Gasteiger partial charge is 0.351 e. The van der Waals surface area contributed by atoms with Crippen molar-refractivity contribution < 1.29 is 4.79 Å². The highest BCUT2D eigenvalue weighted by Gasteiger charge is 2.03. The molecule has 0 atom stereocenters. The Balaban J connectivity index is 0.000000181. The van der Waals surface area contributed by atoms with Crippen LogP contribution in [0.1, 0.15) is 12.8 Å². The number of hydrogen-bond acceptors (Lipinski definition) is 2. The number of para-hydroxylation sites is 1. The Morgan fingerprint density at radius 3 is 2.19 bits per heavy atom. The highest BCUT2D eigenvalue weighted by molar-refractivity contribution is 5.87. The number of nitrogens with zero attached hydrogens (tertiary/aromatic N) is 1. The summed E-state index contributed by atoms with van der Waals surface area (Å²) in [5.74, 6) is 0. The average molecular weight is 221 g/mol. The number of urea groups is 1. The molecule has 0 aliphatic carbocycles. The topological polar surface area (TPSA) is 58.4 Å². The lowest BCUT2D eigenvalue weighted by Crippen LogP contribution is -2.18. The first-order valence-electron chi connectivity index (χ1n) is 5.48. The van der Waals surface area contributed by atoms with Crippen molar-refractivity contribution >= 4 is 11.7 Å². The third-order valence-electron chi connectivity index (χ3n) is 2.37. The molecule has 0 unspecified atom stereocenters. The normalized spacial score (nSPS) is 15.1. The van der Waals surface area contributed by atoms with Gasteiger partial charge in [-0.2, -0.15) is 0 Å². The monoisotopic (exact) mass is 221 g/mol. The number of rotatable bonds is 1. The second kappa shape index (κ2) is 6.85. The Morgan fingerprint density at radius 1 is 1.25 bits per heavy atom. The number of carbonyl (C=O) groups is 1. The van der Waals surface area contributed by atoms with Crippen molar-refractivity contribution in [3.8, 4) is 0 Å². The van der Waals surface area contributed by atoms with Crippen molar-refractivity contribution in [2.45, 2.75) is 12.8 Å². The molecule has 4 heteroatoms. The molecule has 16 heavy (non-hydrogen) atoms. The maximum atomic E-state index is 10.3. The molecule has 1 saturated heterocycles. The summed E-state index contributed by atoms with van der Waals surface area (Å²) in [6, 6.07) is 8.52. The lowest BCUT2D eigenvalue weighted by atomic mass is 10.3. The van der Waals surface area contributed by atoms with Gasteiger partial charge in [-0.3, -0.25) is 0 Å². The molecular weight excluding hydrogens is 202 g/mol. The average Bonchev–Trinajstić information content (AvgIpc) is 2.71. The van der Waals surface area contributed by atoms with Gasteiger partial charge in [-0.15, -0.1) is 0 Å². The number of likely N-dealkylation sites (tertiary alicyclic amines) is 1. The highest BCUT2D eigenvalue weighted by Crippen LogP contribution is 2.03. The quantitative estimate of drug-likeness (QED) is 0.760. The first-order valence-corrected chi connectivity index (χ1v) is 5.48. The van der Waals surface area contributed by atoms with E-state index in [0.29, 0.717) is 0 Å². The van der Waals surface area contributed by atoms with E-state index in [0.717, 1.165) is 5.69 Å². The van der Waals surface area contributed by atoms with Crippen LogP contribution in [-0.2, 0) is 0 Å². The fourth-order valence-corrected chi connectivity index (χ4v) is 1.54. The van der Waals surface area contributed by atoms with E-state index in [-0.39, 0.29) is 0 Å². The minimum Gasteiger partial charge on any atom is -0.351 e. The third-order valence-corrected chi connectivity index (χ3v) is 2.37. The van der Waals surface area contributed by atoms with Crippen molar-refractivity contribution in [1.29, 1.82) is 0 Å². The molecule has 2 amide bonds. The van der Waals surface area contributed by atoms with Crippen LogP contribution in [0.4, 0.5) is 10.5 Å². The first kappa shape index (κ1) is 12.5. The smallest absolute Gasteiger partial charge is 0.316 e. The van der Waals surface area contributed by atoms with Crippen LogP contribution in [-0.4, -0.2) is 31.1 Å². The third kappa shape index (κ3) is 5.36. The molecule has 0 spiro atoms. The number of anilines is 1. The molecule has 1 fully saturated rings. The summed E-state index contributed by atoms with van der Waals surface area (Å²) in [5.41, 5.74) is 5.59. The number of nitrogens with one attached hydrogen (secondary N) is 1. The molecule has 0 bridgehead atoms. The lowest BCUT2D eigenvalue weighted by molar-refractivity contribution is 0.259. The van der Waals surface area contributed by atoms with Crippen LogP contribution in [0.15, 0.2) is 30.3 Å². The van der Waals surface area contributed by atoms with Gasteiger partial charge in [-0.25, -0.2) is 4.79 Å². The summed E-state index contributed by atoms with van der Waals surface area (Å²) >= 11 is 0. The summed E-state index contributed by atoms with van der Waals surface area (Å²) in [5, 5.41) is 2.44. The lowest BCUT2D eigenvalue weighted by Gasteiger charge is -2.01. The molecule has 1 heterocycles.